The van der Waals surface area contributed by atoms with Gasteiger partial charge in [-0.15, -0.1) is 0 Å². The first-order valence-electron chi connectivity index (χ1n) is 7.24. The van der Waals surface area contributed by atoms with Gasteiger partial charge in [0.2, 0.25) is 5.78 Å². The largest absolute Gasteiger partial charge is 0.480 e. The fourth-order valence-corrected chi connectivity index (χ4v) is 2.15. The Morgan fingerprint density at radius 2 is 1.81 bits per heavy atom. The Balaban J connectivity index is 2.20. The van der Waals surface area contributed by atoms with Gasteiger partial charge < -0.3 is 10.5 Å². The van der Waals surface area contributed by atoms with Crippen molar-refractivity contribution in [2.45, 2.75) is 32.8 Å². The predicted molar refractivity (Wildman–Crippen MR) is 85.7 cm³/mol. The number of benzene rings is 2. The molecule has 3 nitrogen and oxygen atoms in total. The first-order valence-corrected chi connectivity index (χ1v) is 7.24. The summed E-state index contributed by atoms with van der Waals surface area (Å²) in [7, 11) is 0. The maximum absolute atomic E-state index is 12.6. The number of nitrogen functional groups attached to an aromatic ring is 1. The van der Waals surface area contributed by atoms with E-state index in [0.717, 1.165) is 12.0 Å². The monoisotopic (exact) mass is 283 g/mol. The number of rotatable bonds is 6. The summed E-state index contributed by atoms with van der Waals surface area (Å²) in [6.45, 7) is 4.03. The molecule has 0 heterocycles. The molecule has 110 valence electrons. The normalized spacial score (nSPS) is 11.9. The number of hydrogen-bond acceptors (Lipinski definition) is 3. The van der Waals surface area contributed by atoms with Gasteiger partial charge in [-0.25, -0.2) is 0 Å². The van der Waals surface area contributed by atoms with Crippen molar-refractivity contribution in [3.05, 3.63) is 59.7 Å². The fraction of sp³-hybridized carbons (Fsp3) is 0.278. The minimum Gasteiger partial charge on any atom is -0.480 e. The third-order valence-corrected chi connectivity index (χ3v) is 3.37. The first kappa shape index (κ1) is 15.1. The summed E-state index contributed by atoms with van der Waals surface area (Å²) in [5.74, 6) is 0.566. The number of carbonyl (C=O) groups is 1. The Bertz CT molecular complexity index is 605. The van der Waals surface area contributed by atoms with Crippen LogP contribution in [0, 0.1) is 6.92 Å². The summed E-state index contributed by atoms with van der Waals surface area (Å²) in [5, 5.41) is 0. The first-order chi connectivity index (χ1) is 10.1. The van der Waals surface area contributed by atoms with Gasteiger partial charge in [-0.05, 0) is 25.5 Å². The van der Waals surface area contributed by atoms with Crippen LogP contribution in [0.1, 0.15) is 35.7 Å². The molecule has 2 aromatic rings. The molecule has 0 fully saturated rings. The molecule has 2 rings (SSSR count). The molecule has 0 aliphatic heterocycles. The molecule has 0 saturated carbocycles. The highest BCUT2D eigenvalue weighted by atomic mass is 16.5. The number of aryl methyl sites for hydroxylation is 1. The second kappa shape index (κ2) is 6.93. The highest BCUT2D eigenvalue weighted by Crippen LogP contribution is 2.23. The van der Waals surface area contributed by atoms with Crippen LogP contribution in [0.4, 0.5) is 5.69 Å². The Kier molecular flexibility index (Phi) is 4.99. The third kappa shape index (κ3) is 3.85. The minimum atomic E-state index is -0.498. The molecule has 1 unspecified atom stereocenters. The van der Waals surface area contributed by atoms with Crippen LogP contribution in [0.2, 0.25) is 0 Å². The second-order valence-corrected chi connectivity index (χ2v) is 5.16. The Morgan fingerprint density at radius 3 is 2.43 bits per heavy atom. The smallest absolute Gasteiger partial charge is 0.203 e. The van der Waals surface area contributed by atoms with Crippen molar-refractivity contribution < 1.29 is 9.53 Å². The Morgan fingerprint density at radius 1 is 1.14 bits per heavy atom. The molecule has 0 bridgehead atoms. The van der Waals surface area contributed by atoms with Crippen molar-refractivity contribution in [2.75, 3.05) is 5.73 Å². The van der Waals surface area contributed by atoms with Crippen molar-refractivity contribution in [3.63, 3.8) is 0 Å². The number of para-hydroxylation sites is 2. The predicted octanol–water partition coefficient (Wildman–Crippen LogP) is 4.01. The Hall–Kier alpha value is -2.29. The van der Waals surface area contributed by atoms with Gasteiger partial charge in [0.1, 0.15) is 5.75 Å². The van der Waals surface area contributed by atoms with E-state index >= 15 is 0 Å². The lowest BCUT2D eigenvalue weighted by Crippen LogP contribution is -2.27. The molecule has 0 saturated heterocycles. The van der Waals surface area contributed by atoms with Crippen LogP contribution in [-0.4, -0.2) is 11.9 Å². The van der Waals surface area contributed by atoms with Gasteiger partial charge in [0.15, 0.2) is 6.10 Å². The maximum atomic E-state index is 12.6. The molecule has 2 N–H and O–H groups in total. The van der Waals surface area contributed by atoms with Gasteiger partial charge >= 0.3 is 0 Å². The number of hydrogen-bond donors (Lipinski definition) is 1. The molecular weight excluding hydrogens is 262 g/mol. The lowest BCUT2D eigenvalue weighted by atomic mass is 10.0. The lowest BCUT2D eigenvalue weighted by Gasteiger charge is -2.18. The van der Waals surface area contributed by atoms with Crippen LogP contribution in [0.25, 0.3) is 0 Å². The van der Waals surface area contributed by atoms with Crippen molar-refractivity contribution in [1.82, 2.24) is 0 Å². The molecule has 0 aliphatic rings. The van der Waals surface area contributed by atoms with Gasteiger partial charge in [0.25, 0.3) is 0 Å². The SMILES string of the molecule is CCCC(Oc1ccccc1N)C(=O)c1ccc(C)cc1. The molecule has 0 aromatic heterocycles. The number of ether oxygens (including phenoxy) is 1. The topological polar surface area (TPSA) is 52.3 Å². The van der Waals surface area contributed by atoms with Crippen LogP contribution >= 0.6 is 0 Å². The van der Waals surface area contributed by atoms with Crippen LogP contribution < -0.4 is 10.5 Å². The molecule has 0 radical (unpaired) electrons. The average molecular weight is 283 g/mol. The number of ketones is 1. The number of carbonyl (C=O) groups excluding carboxylic acids is 1. The third-order valence-electron chi connectivity index (χ3n) is 3.37. The molecule has 3 heteroatoms. The molecule has 2 aromatic carbocycles. The van der Waals surface area contributed by atoms with E-state index in [1.807, 2.05) is 50.2 Å². The van der Waals surface area contributed by atoms with Gasteiger partial charge in [-0.2, -0.15) is 0 Å². The van der Waals surface area contributed by atoms with Gasteiger partial charge in [-0.1, -0.05) is 55.3 Å². The van der Waals surface area contributed by atoms with E-state index in [1.165, 1.54) is 0 Å². The van der Waals surface area contributed by atoms with Gasteiger partial charge in [0.05, 0.1) is 5.69 Å². The van der Waals surface area contributed by atoms with Crippen LogP contribution in [0.3, 0.4) is 0 Å². The highest BCUT2D eigenvalue weighted by molar-refractivity contribution is 5.99. The molecule has 21 heavy (non-hydrogen) atoms. The van der Waals surface area contributed by atoms with Crippen molar-refractivity contribution in [1.29, 1.82) is 0 Å². The number of Topliss-reactive ketones (excluding diaryl/α,β-unsaturated/α-hetero) is 1. The van der Waals surface area contributed by atoms with E-state index in [1.54, 1.807) is 12.1 Å². The standard InChI is InChI=1S/C18H21NO2/c1-3-6-17(21-16-8-5-4-7-15(16)19)18(20)14-11-9-13(2)10-12-14/h4-5,7-12,17H,3,6,19H2,1-2H3. The summed E-state index contributed by atoms with van der Waals surface area (Å²) in [5.41, 5.74) is 8.24. The van der Waals surface area contributed by atoms with E-state index in [2.05, 4.69) is 0 Å². The van der Waals surface area contributed by atoms with Crippen LogP contribution in [-0.2, 0) is 0 Å². The highest BCUT2D eigenvalue weighted by Gasteiger charge is 2.21. The van der Waals surface area contributed by atoms with Gasteiger partial charge in [-0.3, -0.25) is 4.79 Å². The van der Waals surface area contributed by atoms with E-state index < -0.39 is 6.10 Å². The molecule has 1 atom stereocenters. The average Bonchev–Trinajstić information content (AvgIpc) is 2.49. The summed E-state index contributed by atoms with van der Waals surface area (Å²) in [6.07, 6.45) is 1.04. The second-order valence-electron chi connectivity index (χ2n) is 5.16. The summed E-state index contributed by atoms with van der Waals surface area (Å²) in [6, 6.07) is 14.8. The van der Waals surface area contributed by atoms with E-state index in [0.29, 0.717) is 23.4 Å². The van der Waals surface area contributed by atoms with E-state index in [4.69, 9.17) is 10.5 Å². The quantitative estimate of drug-likeness (QED) is 0.643. The maximum Gasteiger partial charge on any atom is 0.203 e. The number of nitrogens with two attached hydrogens (primary N) is 1. The zero-order chi connectivity index (χ0) is 15.2. The van der Waals surface area contributed by atoms with Crippen molar-refractivity contribution >= 4 is 11.5 Å². The van der Waals surface area contributed by atoms with Crippen molar-refractivity contribution in [2.24, 2.45) is 0 Å². The summed E-state index contributed by atoms with van der Waals surface area (Å²) in [4.78, 5) is 12.6. The number of anilines is 1. The van der Waals surface area contributed by atoms with Crippen LogP contribution in [0.5, 0.6) is 5.75 Å². The lowest BCUT2D eigenvalue weighted by molar-refractivity contribution is 0.0779. The molecule has 0 spiro atoms. The van der Waals surface area contributed by atoms with E-state index in [9.17, 15) is 4.79 Å². The molecule has 0 amide bonds. The summed E-state index contributed by atoms with van der Waals surface area (Å²) >= 11 is 0. The zero-order valence-corrected chi connectivity index (χ0v) is 12.5. The zero-order valence-electron chi connectivity index (χ0n) is 12.5. The summed E-state index contributed by atoms with van der Waals surface area (Å²) < 4.78 is 5.86. The molecule has 0 aliphatic carbocycles. The van der Waals surface area contributed by atoms with E-state index in [-0.39, 0.29) is 5.78 Å². The fourth-order valence-electron chi connectivity index (χ4n) is 2.15. The van der Waals surface area contributed by atoms with Crippen molar-refractivity contribution in [3.8, 4) is 5.75 Å². The van der Waals surface area contributed by atoms with Crippen LogP contribution in [0.15, 0.2) is 48.5 Å². The van der Waals surface area contributed by atoms with Gasteiger partial charge in [0, 0.05) is 5.56 Å². The minimum absolute atomic E-state index is 0.0000954. The Labute approximate surface area is 125 Å². The molecular formula is C18H21NO2.